The van der Waals surface area contributed by atoms with E-state index in [9.17, 15) is 13.2 Å². The number of halogens is 3. The second-order valence-corrected chi connectivity index (χ2v) is 7.91. The van der Waals surface area contributed by atoms with E-state index < -0.39 is 11.9 Å². The molecular formula is C22H26F3N3O. The first-order valence-electron chi connectivity index (χ1n) is 10.1. The maximum absolute atomic E-state index is 12.6. The molecule has 0 unspecified atom stereocenters. The fourth-order valence-electron chi connectivity index (χ4n) is 4.38. The molecule has 4 nitrogen and oxygen atoms in total. The van der Waals surface area contributed by atoms with Gasteiger partial charge in [-0.1, -0.05) is 24.3 Å². The maximum Gasteiger partial charge on any atom is 0.433 e. The van der Waals surface area contributed by atoms with E-state index in [-0.39, 0.29) is 5.54 Å². The van der Waals surface area contributed by atoms with Gasteiger partial charge in [-0.05, 0) is 43.0 Å². The summed E-state index contributed by atoms with van der Waals surface area (Å²) in [4.78, 5) is 8.46. The Morgan fingerprint density at radius 3 is 2.41 bits per heavy atom. The van der Waals surface area contributed by atoms with Crippen LogP contribution in [-0.4, -0.2) is 54.8 Å². The molecule has 29 heavy (non-hydrogen) atoms. The third kappa shape index (κ3) is 4.56. The minimum absolute atomic E-state index is 0.0337. The highest BCUT2D eigenvalue weighted by atomic mass is 19.4. The van der Waals surface area contributed by atoms with Crippen molar-refractivity contribution in [2.24, 2.45) is 0 Å². The lowest BCUT2D eigenvalue weighted by atomic mass is 9.84. The molecule has 0 atom stereocenters. The summed E-state index contributed by atoms with van der Waals surface area (Å²) >= 11 is 0. The molecule has 4 rings (SSSR count). The normalized spacial score (nSPS) is 20.2. The minimum Gasteiger partial charge on any atom is -0.377 e. The maximum atomic E-state index is 12.6. The molecule has 0 saturated carbocycles. The topological polar surface area (TPSA) is 28.6 Å². The van der Waals surface area contributed by atoms with Crippen molar-refractivity contribution in [2.45, 2.75) is 31.0 Å². The lowest BCUT2D eigenvalue weighted by molar-refractivity contribution is -0.141. The number of hydrogen-bond donors (Lipinski definition) is 0. The first-order chi connectivity index (χ1) is 14.0. The van der Waals surface area contributed by atoms with E-state index in [0.717, 1.165) is 63.9 Å². The van der Waals surface area contributed by atoms with Gasteiger partial charge in [0, 0.05) is 38.1 Å². The van der Waals surface area contributed by atoms with E-state index in [1.807, 2.05) is 6.07 Å². The van der Waals surface area contributed by atoms with Crippen LogP contribution in [-0.2, 0) is 17.3 Å². The van der Waals surface area contributed by atoms with Crippen molar-refractivity contribution in [1.29, 1.82) is 0 Å². The summed E-state index contributed by atoms with van der Waals surface area (Å²) < 4.78 is 43.8. The number of anilines is 1. The molecule has 0 bridgehead atoms. The van der Waals surface area contributed by atoms with E-state index in [2.05, 4.69) is 39.0 Å². The van der Waals surface area contributed by atoms with E-state index in [1.165, 1.54) is 18.0 Å². The van der Waals surface area contributed by atoms with Gasteiger partial charge < -0.3 is 14.5 Å². The Morgan fingerprint density at radius 2 is 1.76 bits per heavy atom. The fourth-order valence-corrected chi connectivity index (χ4v) is 4.38. The largest absolute Gasteiger partial charge is 0.433 e. The van der Waals surface area contributed by atoms with Gasteiger partial charge in [0.2, 0.25) is 0 Å². The Hall–Kier alpha value is -2.12. The van der Waals surface area contributed by atoms with Crippen molar-refractivity contribution >= 4 is 5.69 Å². The second kappa shape index (κ2) is 8.32. The number of aromatic nitrogens is 1. The summed E-state index contributed by atoms with van der Waals surface area (Å²) in [6.07, 6.45) is -0.288. The third-order valence-electron chi connectivity index (χ3n) is 6.09. The zero-order valence-corrected chi connectivity index (χ0v) is 16.4. The van der Waals surface area contributed by atoms with Crippen molar-refractivity contribution in [2.75, 3.05) is 44.3 Å². The molecule has 3 heterocycles. The predicted molar refractivity (Wildman–Crippen MR) is 106 cm³/mol. The second-order valence-electron chi connectivity index (χ2n) is 7.91. The number of benzene rings is 1. The van der Waals surface area contributed by atoms with Gasteiger partial charge in [-0.2, -0.15) is 13.2 Å². The minimum atomic E-state index is -4.38. The first kappa shape index (κ1) is 20.2. The SMILES string of the molecule is FC(F)(F)c1ccc(CCN2CCC3(CC2)COCCN3c2ccccc2)cn1. The Labute approximate surface area is 169 Å². The summed E-state index contributed by atoms with van der Waals surface area (Å²) in [6, 6.07) is 13.1. The number of ether oxygens (including phenoxy) is 1. The number of hydrogen-bond acceptors (Lipinski definition) is 4. The van der Waals surface area contributed by atoms with E-state index in [1.54, 1.807) is 0 Å². The Balaban J connectivity index is 1.34. The molecule has 1 aromatic carbocycles. The van der Waals surface area contributed by atoms with E-state index in [4.69, 9.17) is 4.74 Å². The molecule has 0 N–H and O–H groups in total. The van der Waals surface area contributed by atoms with Crippen LogP contribution in [0.5, 0.6) is 0 Å². The molecule has 2 fully saturated rings. The highest BCUT2D eigenvalue weighted by molar-refractivity contribution is 5.49. The number of piperidine rings is 1. The zero-order chi connectivity index (χ0) is 20.3. The van der Waals surface area contributed by atoms with Crippen molar-refractivity contribution in [3.05, 3.63) is 59.9 Å². The average Bonchev–Trinajstić information content (AvgIpc) is 2.74. The quantitative estimate of drug-likeness (QED) is 0.769. The number of likely N-dealkylation sites (tertiary alicyclic amines) is 1. The van der Waals surface area contributed by atoms with Gasteiger partial charge in [0.15, 0.2) is 0 Å². The molecule has 2 aliphatic heterocycles. The Kier molecular flexibility index (Phi) is 5.79. The van der Waals surface area contributed by atoms with Crippen LogP contribution in [0.2, 0.25) is 0 Å². The van der Waals surface area contributed by atoms with Crippen LogP contribution in [0.3, 0.4) is 0 Å². The number of morpholine rings is 1. The standard InChI is InChI=1S/C22H26F3N3O/c23-22(24,25)20-7-6-18(16-26-20)8-11-27-12-9-21(10-13-27)17-29-15-14-28(21)19-4-2-1-3-5-19/h1-7,16H,8-15,17H2. The van der Waals surface area contributed by atoms with Gasteiger partial charge in [0.1, 0.15) is 5.69 Å². The summed E-state index contributed by atoms with van der Waals surface area (Å²) in [5, 5.41) is 0. The molecule has 2 aromatic rings. The molecule has 7 heteroatoms. The van der Waals surface area contributed by atoms with Crippen LogP contribution in [0.25, 0.3) is 0 Å². The van der Waals surface area contributed by atoms with Gasteiger partial charge in [-0.3, -0.25) is 4.98 Å². The van der Waals surface area contributed by atoms with Crippen LogP contribution in [0.1, 0.15) is 24.1 Å². The smallest absolute Gasteiger partial charge is 0.377 e. The van der Waals surface area contributed by atoms with Crippen molar-refractivity contribution in [1.82, 2.24) is 9.88 Å². The lowest BCUT2D eigenvalue weighted by Crippen LogP contribution is -2.62. The van der Waals surface area contributed by atoms with Gasteiger partial charge in [0.05, 0.1) is 18.8 Å². The molecule has 2 saturated heterocycles. The molecule has 156 valence electrons. The molecule has 0 aliphatic carbocycles. The highest BCUT2D eigenvalue weighted by Gasteiger charge is 2.42. The number of nitrogens with zero attached hydrogens (tertiary/aromatic N) is 3. The number of rotatable bonds is 4. The summed E-state index contributed by atoms with van der Waals surface area (Å²) in [5.41, 5.74) is 1.29. The third-order valence-corrected chi connectivity index (χ3v) is 6.09. The predicted octanol–water partition coefficient (Wildman–Crippen LogP) is 4.01. The van der Waals surface area contributed by atoms with Crippen LogP contribution in [0.4, 0.5) is 18.9 Å². The van der Waals surface area contributed by atoms with Crippen LogP contribution < -0.4 is 4.90 Å². The van der Waals surface area contributed by atoms with Gasteiger partial charge in [-0.15, -0.1) is 0 Å². The molecule has 0 amide bonds. The summed E-state index contributed by atoms with van der Waals surface area (Å²) in [7, 11) is 0. The summed E-state index contributed by atoms with van der Waals surface area (Å²) in [5.74, 6) is 0. The molecule has 0 radical (unpaired) electrons. The van der Waals surface area contributed by atoms with Gasteiger partial charge in [0.25, 0.3) is 0 Å². The molecule has 1 aromatic heterocycles. The number of pyridine rings is 1. The average molecular weight is 405 g/mol. The molecular weight excluding hydrogens is 379 g/mol. The van der Waals surface area contributed by atoms with Crippen molar-refractivity contribution in [3.8, 4) is 0 Å². The first-order valence-corrected chi connectivity index (χ1v) is 10.1. The van der Waals surface area contributed by atoms with Crippen LogP contribution in [0.15, 0.2) is 48.7 Å². The monoisotopic (exact) mass is 405 g/mol. The number of para-hydroxylation sites is 1. The van der Waals surface area contributed by atoms with E-state index >= 15 is 0 Å². The van der Waals surface area contributed by atoms with Crippen LogP contribution in [0, 0.1) is 0 Å². The highest BCUT2D eigenvalue weighted by Crippen LogP contribution is 2.35. The van der Waals surface area contributed by atoms with Crippen LogP contribution >= 0.6 is 0 Å². The Bertz CT molecular complexity index is 787. The Morgan fingerprint density at radius 1 is 1.00 bits per heavy atom. The summed E-state index contributed by atoms with van der Waals surface area (Å²) in [6.45, 7) is 5.15. The van der Waals surface area contributed by atoms with Crippen molar-refractivity contribution < 1.29 is 17.9 Å². The van der Waals surface area contributed by atoms with Gasteiger partial charge in [-0.25, -0.2) is 0 Å². The van der Waals surface area contributed by atoms with Crippen molar-refractivity contribution in [3.63, 3.8) is 0 Å². The molecule has 1 spiro atoms. The zero-order valence-electron chi connectivity index (χ0n) is 16.4. The number of alkyl halides is 3. The molecule has 2 aliphatic rings. The van der Waals surface area contributed by atoms with Gasteiger partial charge >= 0.3 is 6.18 Å². The fraction of sp³-hybridized carbons (Fsp3) is 0.500. The lowest BCUT2D eigenvalue weighted by Gasteiger charge is -2.52. The van der Waals surface area contributed by atoms with E-state index in [0.29, 0.717) is 6.42 Å².